The molecule has 0 spiro atoms. The van der Waals surface area contributed by atoms with Crippen LogP contribution in [0.2, 0.25) is 0 Å². The molecule has 22 heavy (non-hydrogen) atoms. The van der Waals surface area contributed by atoms with E-state index in [-0.39, 0.29) is 0 Å². The molecule has 1 aliphatic heterocycles. The van der Waals surface area contributed by atoms with E-state index in [1.54, 1.807) is 11.3 Å². The maximum absolute atomic E-state index is 5.45. The van der Waals surface area contributed by atoms with Gasteiger partial charge in [0.05, 0.1) is 11.4 Å². The van der Waals surface area contributed by atoms with E-state index in [0.29, 0.717) is 11.1 Å². The van der Waals surface area contributed by atoms with Crippen LogP contribution in [0.15, 0.2) is 41.1 Å². The second kappa shape index (κ2) is 6.22. The van der Waals surface area contributed by atoms with E-state index in [1.807, 2.05) is 36.2 Å². The number of hydrogen-bond donors (Lipinski definition) is 0. The molecular weight excluding hydrogens is 314 g/mol. The van der Waals surface area contributed by atoms with E-state index in [2.05, 4.69) is 27.3 Å². The van der Waals surface area contributed by atoms with Gasteiger partial charge in [0.1, 0.15) is 9.88 Å². The van der Waals surface area contributed by atoms with Crippen LogP contribution in [0.3, 0.4) is 0 Å². The van der Waals surface area contributed by atoms with Gasteiger partial charge in [0, 0.05) is 5.56 Å². The molecule has 3 aromatic rings. The van der Waals surface area contributed by atoms with Crippen LogP contribution in [0.1, 0.15) is 30.3 Å². The Morgan fingerprint density at radius 1 is 1.14 bits per heavy atom. The molecule has 1 aromatic carbocycles. The van der Waals surface area contributed by atoms with Crippen molar-refractivity contribution in [1.29, 1.82) is 0 Å². The van der Waals surface area contributed by atoms with Crippen LogP contribution < -0.4 is 0 Å². The molecule has 0 bridgehead atoms. The molecule has 1 aliphatic rings. The Kier molecular flexibility index (Phi) is 3.95. The molecule has 3 heterocycles. The fourth-order valence-electron chi connectivity index (χ4n) is 2.50. The standard InChI is InChI=1S/C16H15N3OS2/c1-2-6-11(7-3-1)16-17-10-13(22-16)15-18-14(19-20-15)12-8-4-5-9-21-12/h1-3,6-7,10,12H,4-5,8-9H2. The molecule has 112 valence electrons. The first kappa shape index (κ1) is 14.0. The summed E-state index contributed by atoms with van der Waals surface area (Å²) in [4.78, 5) is 9.98. The lowest BCUT2D eigenvalue weighted by atomic mass is 10.2. The van der Waals surface area contributed by atoms with Crippen molar-refractivity contribution in [1.82, 2.24) is 15.1 Å². The summed E-state index contributed by atoms with van der Waals surface area (Å²) in [7, 11) is 0. The number of aromatic nitrogens is 3. The van der Waals surface area contributed by atoms with Crippen molar-refractivity contribution in [3.8, 4) is 21.3 Å². The van der Waals surface area contributed by atoms with Gasteiger partial charge in [-0.3, -0.25) is 0 Å². The first-order valence-corrected chi connectivity index (χ1v) is 9.23. The van der Waals surface area contributed by atoms with E-state index < -0.39 is 0 Å². The molecule has 1 fully saturated rings. The number of thioether (sulfide) groups is 1. The molecule has 0 N–H and O–H groups in total. The summed E-state index contributed by atoms with van der Waals surface area (Å²) in [6.45, 7) is 0. The van der Waals surface area contributed by atoms with E-state index in [4.69, 9.17) is 4.52 Å². The highest BCUT2D eigenvalue weighted by Gasteiger charge is 2.22. The van der Waals surface area contributed by atoms with Gasteiger partial charge in [-0.1, -0.05) is 41.9 Å². The normalized spacial score (nSPS) is 18.5. The molecule has 1 atom stereocenters. The van der Waals surface area contributed by atoms with E-state index >= 15 is 0 Å². The molecule has 4 rings (SSSR count). The lowest BCUT2D eigenvalue weighted by Gasteiger charge is -2.17. The minimum Gasteiger partial charge on any atom is -0.333 e. The number of rotatable bonds is 3. The monoisotopic (exact) mass is 329 g/mol. The number of nitrogens with zero attached hydrogens (tertiary/aromatic N) is 3. The Bertz CT molecular complexity index is 748. The van der Waals surface area contributed by atoms with Crippen molar-refractivity contribution >= 4 is 23.1 Å². The van der Waals surface area contributed by atoms with Crippen LogP contribution in [-0.4, -0.2) is 20.9 Å². The highest BCUT2D eigenvalue weighted by molar-refractivity contribution is 7.99. The van der Waals surface area contributed by atoms with Crippen molar-refractivity contribution < 1.29 is 4.52 Å². The highest BCUT2D eigenvalue weighted by Crippen LogP contribution is 2.38. The van der Waals surface area contributed by atoms with E-state index in [1.165, 1.54) is 18.6 Å². The predicted octanol–water partition coefficient (Wildman–Crippen LogP) is 4.82. The van der Waals surface area contributed by atoms with Crippen molar-refractivity contribution in [3.05, 3.63) is 42.4 Å². The van der Waals surface area contributed by atoms with Gasteiger partial charge in [-0.25, -0.2) is 4.98 Å². The zero-order chi connectivity index (χ0) is 14.8. The predicted molar refractivity (Wildman–Crippen MR) is 89.9 cm³/mol. The third-order valence-electron chi connectivity index (χ3n) is 3.65. The molecule has 0 radical (unpaired) electrons. The van der Waals surface area contributed by atoms with Crippen LogP contribution in [0, 0.1) is 0 Å². The third kappa shape index (κ3) is 2.80. The molecule has 2 aromatic heterocycles. The van der Waals surface area contributed by atoms with Crippen molar-refractivity contribution in [3.63, 3.8) is 0 Å². The van der Waals surface area contributed by atoms with Gasteiger partial charge in [-0.15, -0.1) is 11.3 Å². The topological polar surface area (TPSA) is 51.8 Å². The van der Waals surface area contributed by atoms with Crippen LogP contribution >= 0.6 is 23.1 Å². The lowest BCUT2D eigenvalue weighted by molar-refractivity contribution is 0.421. The average Bonchev–Trinajstić information content (AvgIpc) is 3.26. The fourth-order valence-corrected chi connectivity index (χ4v) is 4.57. The van der Waals surface area contributed by atoms with Crippen LogP contribution in [0.4, 0.5) is 0 Å². The molecule has 0 aliphatic carbocycles. The summed E-state index contributed by atoms with van der Waals surface area (Å²) in [5.74, 6) is 2.60. The average molecular weight is 329 g/mol. The maximum atomic E-state index is 5.45. The van der Waals surface area contributed by atoms with Crippen molar-refractivity contribution in [2.45, 2.75) is 24.5 Å². The second-order valence-corrected chi connectivity index (χ2v) is 7.55. The Hall–Kier alpha value is -1.66. The number of hydrogen-bond acceptors (Lipinski definition) is 6. The molecule has 1 unspecified atom stereocenters. The van der Waals surface area contributed by atoms with Gasteiger partial charge in [-0.05, 0) is 18.6 Å². The second-order valence-electron chi connectivity index (χ2n) is 5.21. The lowest BCUT2D eigenvalue weighted by Crippen LogP contribution is -2.03. The maximum Gasteiger partial charge on any atom is 0.269 e. The van der Waals surface area contributed by atoms with E-state index in [0.717, 1.165) is 27.7 Å². The van der Waals surface area contributed by atoms with Gasteiger partial charge in [0.2, 0.25) is 0 Å². The number of thiazole rings is 1. The van der Waals surface area contributed by atoms with Gasteiger partial charge >= 0.3 is 0 Å². The summed E-state index contributed by atoms with van der Waals surface area (Å²) >= 11 is 3.51. The summed E-state index contributed by atoms with van der Waals surface area (Å²) in [6.07, 6.45) is 5.50. The Balaban J connectivity index is 1.58. The number of benzene rings is 1. The van der Waals surface area contributed by atoms with Crippen molar-refractivity contribution in [2.24, 2.45) is 0 Å². The molecule has 1 saturated heterocycles. The van der Waals surface area contributed by atoms with Gasteiger partial charge in [0.15, 0.2) is 5.82 Å². The quantitative estimate of drug-likeness (QED) is 0.689. The van der Waals surface area contributed by atoms with Gasteiger partial charge in [-0.2, -0.15) is 16.7 Å². The summed E-state index contributed by atoms with van der Waals surface area (Å²) < 4.78 is 5.45. The fraction of sp³-hybridized carbons (Fsp3) is 0.312. The summed E-state index contributed by atoms with van der Waals surface area (Å²) in [5.41, 5.74) is 1.11. The smallest absolute Gasteiger partial charge is 0.269 e. The van der Waals surface area contributed by atoms with Crippen LogP contribution in [0.5, 0.6) is 0 Å². The Morgan fingerprint density at radius 2 is 2.05 bits per heavy atom. The largest absolute Gasteiger partial charge is 0.333 e. The molecule has 6 heteroatoms. The minimum atomic E-state index is 0.382. The molecule has 0 amide bonds. The molecule has 0 saturated carbocycles. The highest BCUT2D eigenvalue weighted by atomic mass is 32.2. The Morgan fingerprint density at radius 3 is 2.86 bits per heavy atom. The van der Waals surface area contributed by atoms with Crippen LogP contribution in [-0.2, 0) is 0 Å². The molecular formula is C16H15N3OS2. The SMILES string of the molecule is c1ccc(-c2ncc(-c3nc(C4CCCCS4)no3)s2)cc1. The summed E-state index contributed by atoms with van der Waals surface area (Å²) in [5, 5.41) is 5.53. The van der Waals surface area contributed by atoms with Crippen LogP contribution in [0.25, 0.3) is 21.3 Å². The van der Waals surface area contributed by atoms with Gasteiger partial charge in [0.25, 0.3) is 5.89 Å². The Labute approximate surface area is 137 Å². The third-order valence-corrected chi connectivity index (χ3v) is 6.05. The van der Waals surface area contributed by atoms with Crippen molar-refractivity contribution in [2.75, 3.05) is 5.75 Å². The minimum absolute atomic E-state index is 0.382. The zero-order valence-electron chi connectivity index (χ0n) is 11.9. The first-order valence-electron chi connectivity index (χ1n) is 7.37. The first-order chi connectivity index (χ1) is 10.9. The zero-order valence-corrected chi connectivity index (χ0v) is 13.6. The summed E-state index contributed by atoms with van der Waals surface area (Å²) in [6, 6.07) is 10.1. The van der Waals surface area contributed by atoms with Gasteiger partial charge < -0.3 is 4.52 Å². The molecule has 4 nitrogen and oxygen atoms in total. The van der Waals surface area contributed by atoms with E-state index in [9.17, 15) is 0 Å².